The molecule has 0 rings (SSSR count). The van der Waals surface area contributed by atoms with Crippen LogP contribution in [0.25, 0.3) is 0 Å². The lowest BCUT2D eigenvalue weighted by atomic mass is 10.2. The van der Waals surface area contributed by atoms with Crippen LogP contribution < -0.4 is 22.5 Å². The predicted molar refractivity (Wildman–Crippen MR) is 35.3 cm³/mol. The number of hydrogen-bond acceptors (Lipinski definition) is 2. The quantitative estimate of drug-likeness (QED) is 0.521. The molecular formula is C5H18N2O2. The second kappa shape index (κ2) is 5.97. The van der Waals surface area contributed by atoms with Gasteiger partial charge in [-0.15, -0.1) is 0 Å². The van der Waals surface area contributed by atoms with Gasteiger partial charge in [-0.2, -0.15) is 0 Å². The summed E-state index contributed by atoms with van der Waals surface area (Å²) in [4.78, 5) is 0. The first kappa shape index (κ1) is 15.9. The van der Waals surface area contributed by atoms with Crippen molar-refractivity contribution >= 4 is 0 Å². The molecule has 0 amide bonds. The summed E-state index contributed by atoms with van der Waals surface area (Å²) in [5.41, 5.74) is 0. The highest BCUT2D eigenvalue weighted by molar-refractivity contribution is 4.51. The van der Waals surface area contributed by atoms with Gasteiger partial charge < -0.3 is 22.5 Å². The molecular weight excluding hydrogens is 120 g/mol. The molecule has 9 heavy (non-hydrogen) atoms. The molecule has 60 valence electrons. The topological polar surface area (TPSA) is 119 Å². The van der Waals surface area contributed by atoms with E-state index in [2.05, 4.69) is 0 Å². The number of hydrogen-bond donors (Lipinski definition) is 2. The normalized spacial score (nSPS) is 9.33. The van der Waals surface area contributed by atoms with Crippen molar-refractivity contribution in [2.45, 2.75) is 32.5 Å². The third kappa shape index (κ3) is 7.84. The number of quaternary nitrogens is 2. The van der Waals surface area contributed by atoms with Crippen LogP contribution in [0.5, 0.6) is 0 Å². The lowest BCUT2D eigenvalue weighted by Crippen LogP contribution is -2.54. The van der Waals surface area contributed by atoms with E-state index in [0.717, 1.165) is 0 Å². The zero-order valence-corrected chi connectivity index (χ0v) is 6.73. The second-order valence-corrected chi connectivity index (χ2v) is 1.62. The fraction of sp³-hybridized carbons (Fsp3) is 1.00. The van der Waals surface area contributed by atoms with Crippen LogP contribution in [0.15, 0.2) is 0 Å². The Hall–Kier alpha value is -0.160. The van der Waals surface area contributed by atoms with Gasteiger partial charge in [-0.05, 0) is 0 Å². The maximum atomic E-state index is 10.3. The molecule has 0 unspecified atom stereocenters. The summed E-state index contributed by atoms with van der Waals surface area (Å²) in [5.74, 6) is -1.92. The second-order valence-electron chi connectivity index (χ2n) is 1.62. The molecule has 0 aliphatic rings. The highest BCUT2D eigenvalue weighted by atomic mass is 16.5. The van der Waals surface area contributed by atoms with Gasteiger partial charge >= 0.3 is 0 Å². The molecule has 0 heterocycles. The van der Waals surface area contributed by atoms with E-state index in [1.165, 1.54) is 0 Å². The molecule has 8 N–H and O–H groups in total. The van der Waals surface area contributed by atoms with Crippen LogP contribution >= 0.6 is 0 Å². The fourth-order valence-electron chi connectivity index (χ4n) is 0.250. The minimum Gasteiger partial charge on any atom is -0.863 e. The summed E-state index contributed by atoms with van der Waals surface area (Å²) in [6.45, 7) is 3.23. The van der Waals surface area contributed by atoms with Gasteiger partial charge in [0.05, 0.1) is 0 Å². The maximum absolute atomic E-state index is 10.3. The summed E-state index contributed by atoms with van der Waals surface area (Å²) in [6, 6.07) is 0. The van der Waals surface area contributed by atoms with E-state index >= 15 is 0 Å². The molecule has 4 nitrogen and oxygen atoms in total. The standard InChI is InChI=1S/C5H10O2.2H3N/c1-3-5(6,7)4-2;;/h3-4H2,1-2H3;2*1H3/q-2;;/p+2. The van der Waals surface area contributed by atoms with Gasteiger partial charge in [0.2, 0.25) is 0 Å². The molecule has 4 heteroatoms. The van der Waals surface area contributed by atoms with Crippen LogP contribution in [-0.4, -0.2) is 5.79 Å². The van der Waals surface area contributed by atoms with E-state index in [-0.39, 0.29) is 25.1 Å². The van der Waals surface area contributed by atoms with Crippen molar-refractivity contribution < 1.29 is 10.2 Å². The van der Waals surface area contributed by atoms with Gasteiger partial charge in [-0.25, -0.2) is 5.79 Å². The van der Waals surface area contributed by atoms with Crippen LogP contribution in [0.1, 0.15) is 26.7 Å². The van der Waals surface area contributed by atoms with Gasteiger partial charge in [0, 0.05) is 0 Å². The Morgan fingerprint density at radius 1 is 1.00 bits per heavy atom. The number of rotatable bonds is 2. The smallest absolute Gasteiger partial charge is 0.0674 e. The summed E-state index contributed by atoms with van der Waals surface area (Å²) in [7, 11) is 0. The summed E-state index contributed by atoms with van der Waals surface area (Å²) >= 11 is 0. The van der Waals surface area contributed by atoms with Crippen molar-refractivity contribution in [3.63, 3.8) is 0 Å². The van der Waals surface area contributed by atoms with Gasteiger partial charge in [0.15, 0.2) is 0 Å². The molecule has 0 aromatic rings. The Bertz CT molecular complexity index is 50.9. The van der Waals surface area contributed by atoms with E-state index in [1.54, 1.807) is 13.8 Å². The Morgan fingerprint density at radius 2 is 1.22 bits per heavy atom. The Kier molecular flexibility index (Phi) is 10.6. The van der Waals surface area contributed by atoms with Crippen molar-refractivity contribution in [3.8, 4) is 0 Å². The maximum Gasteiger partial charge on any atom is -0.0674 e. The van der Waals surface area contributed by atoms with E-state index in [1.807, 2.05) is 0 Å². The highest BCUT2D eigenvalue weighted by Gasteiger charge is 1.89. The van der Waals surface area contributed by atoms with E-state index in [4.69, 9.17) is 0 Å². The van der Waals surface area contributed by atoms with Crippen LogP contribution in [0, 0.1) is 0 Å². The average Bonchev–Trinajstić information content (AvgIpc) is 1.68. The predicted octanol–water partition coefficient (Wildman–Crippen LogP) is -0.0243. The first-order chi connectivity index (χ1) is 3.12. The van der Waals surface area contributed by atoms with Gasteiger partial charge in [-0.1, -0.05) is 26.7 Å². The van der Waals surface area contributed by atoms with Crippen LogP contribution in [0.2, 0.25) is 0 Å². The monoisotopic (exact) mass is 138 g/mol. The molecule has 0 radical (unpaired) electrons. The molecule has 0 saturated carbocycles. The third-order valence-corrected chi connectivity index (χ3v) is 1.08. The van der Waals surface area contributed by atoms with Crippen LogP contribution in [-0.2, 0) is 0 Å². The highest BCUT2D eigenvalue weighted by Crippen LogP contribution is 1.98. The molecule has 0 saturated heterocycles. The summed E-state index contributed by atoms with van der Waals surface area (Å²) < 4.78 is 0. The van der Waals surface area contributed by atoms with Crippen molar-refractivity contribution in [1.82, 2.24) is 12.3 Å². The zero-order chi connectivity index (χ0) is 5.91. The van der Waals surface area contributed by atoms with Crippen LogP contribution in [0.3, 0.4) is 0 Å². The molecule has 0 spiro atoms. The molecule has 0 aromatic heterocycles. The molecule has 0 aliphatic carbocycles. The van der Waals surface area contributed by atoms with E-state index < -0.39 is 5.79 Å². The van der Waals surface area contributed by atoms with Crippen molar-refractivity contribution in [3.05, 3.63) is 0 Å². The summed E-state index contributed by atoms with van der Waals surface area (Å²) in [6.07, 6.45) is 0.368. The minimum atomic E-state index is -1.92. The molecule has 0 aliphatic heterocycles. The van der Waals surface area contributed by atoms with Crippen molar-refractivity contribution in [1.29, 1.82) is 0 Å². The molecule has 0 aromatic carbocycles. The van der Waals surface area contributed by atoms with Gasteiger partial charge in [0.1, 0.15) is 0 Å². The van der Waals surface area contributed by atoms with Crippen molar-refractivity contribution in [2.24, 2.45) is 0 Å². The third-order valence-electron chi connectivity index (χ3n) is 1.08. The Labute approximate surface area is 56.1 Å². The Balaban J connectivity index is -0.000000180. The molecule has 0 bridgehead atoms. The fourth-order valence-corrected chi connectivity index (χ4v) is 0.250. The Morgan fingerprint density at radius 3 is 1.22 bits per heavy atom. The largest absolute Gasteiger partial charge is 0.863 e. The van der Waals surface area contributed by atoms with Gasteiger partial charge in [0.25, 0.3) is 0 Å². The molecule has 0 atom stereocenters. The van der Waals surface area contributed by atoms with Crippen molar-refractivity contribution in [2.75, 3.05) is 0 Å². The SMILES string of the molecule is CCC([O-])([O-])CC.[NH4+].[NH4+]. The molecule has 0 fully saturated rings. The van der Waals surface area contributed by atoms with E-state index in [9.17, 15) is 10.2 Å². The average molecular weight is 138 g/mol. The minimum absolute atomic E-state index is 0. The first-order valence-electron chi connectivity index (χ1n) is 2.53. The van der Waals surface area contributed by atoms with E-state index in [0.29, 0.717) is 0 Å². The lowest BCUT2D eigenvalue weighted by molar-refractivity contribution is -0.721. The zero-order valence-electron chi connectivity index (χ0n) is 6.73. The van der Waals surface area contributed by atoms with Crippen LogP contribution in [0.4, 0.5) is 0 Å². The lowest BCUT2D eigenvalue weighted by Gasteiger charge is -2.47. The van der Waals surface area contributed by atoms with Gasteiger partial charge in [-0.3, -0.25) is 0 Å². The summed E-state index contributed by atoms with van der Waals surface area (Å²) in [5, 5.41) is 20.6. The first-order valence-corrected chi connectivity index (χ1v) is 2.53.